The summed E-state index contributed by atoms with van der Waals surface area (Å²) in [5.74, 6) is 0. The summed E-state index contributed by atoms with van der Waals surface area (Å²) in [5.41, 5.74) is 4.76. The Morgan fingerprint density at radius 2 is 0.708 bits per heavy atom. The van der Waals surface area contributed by atoms with Gasteiger partial charge in [0.25, 0.3) is 0 Å². The van der Waals surface area contributed by atoms with Crippen molar-refractivity contribution in [1.29, 1.82) is 0 Å². The average Bonchev–Trinajstić information content (AvgIpc) is 3.05. The molecule has 288 valence electrons. The third kappa shape index (κ3) is 37.6. The van der Waals surface area contributed by atoms with Crippen LogP contribution < -0.4 is 5.73 Å². The molecule has 0 aromatic heterocycles. The highest BCUT2D eigenvalue weighted by Crippen LogP contribution is 2.10. The van der Waals surface area contributed by atoms with Crippen LogP contribution in [0.5, 0.6) is 0 Å². The number of amides is 1. The van der Waals surface area contributed by atoms with Gasteiger partial charge in [-0.05, 0) is 27.2 Å². The van der Waals surface area contributed by atoms with E-state index in [4.69, 9.17) is 67.4 Å². The van der Waals surface area contributed by atoms with Gasteiger partial charge in [-0.15, -0.1) is 0 Å². The number of nitrogens with zero attached hydrogens (tertiary/aromatic N) is 1. The Morgan fingerprint density at radius 3 is 0.938 bits per heavy atom. The van der Waals surface area contributed by atoms with Gasteiger partial charge in [0.2, 0.25) is 0 Å². The van der Waals surface area contributed by atoms with Gasteiger partial charge >= 0.3 is 6.09 Å². The smallest absolute Gasteiger partial charge is 0.434 e. The zero-order chi connectivity index (χ0) is 35.2. The lowest BCUT2D eigenvalue weighted by molar-refractivity contribution is -0.157. The summed E-state index contributed by atoms with van der Waals surface area (Å²) in [5, 5.41) is 1.23. The van der Waals surface area contributed by atoms with Gasteiger partial charge in [0.15, 0.2) is 0 Å². The Hall–Kier alpha value is -1.25. The molecule has 0 aliphatic carbocycles. The zero-order valence-corrected chi connectivity index (χ0v) is 30.1. The summed E-state index contributed by atoms with van der Waals surface area (Å²) in [6.45, 7) is 19.4. The van der Waals surface area contributed by atoms with Gasteiger partial charge in [-0.25, -0.2) is 4.79 Å². The second-order valence-corrected chi connectivity index (χ2v) is 10.9. The summed E-state index contributed by atoms with van der Waals surface area (Å²) >= 11 is 0. The van der Waals surface area contributed by atoms with Gasteiger partial charge in [-0.1, -0.05) is 6.92 Å². The SMILES string of the molecule is CCCN(OCCOCCOCCOCCOCCOCCOCCOCCOCCOCCOCCOCCN)C(=O)OC(C)(C)C. The quantitative estimate of drug-likeness (QED) is 0.0729. The highest BCUT2D eigenvalue weighted by Gasteiger charge is 2.22. The highest BCUT2D eigenvalue weighted by atomic mass is 16.7. The minimum Gasteiger partial charge on any atom is -0.442 e. The topological polar surface area (TPSA) is 166 Å². The predicted molar refractivity (Wildman–Crippen MR) is 177 cm³/mol. The van der Waals surface area contributed by atoms with Crippen molar-refractivity contribution >= 4 is 6.09 Å². The molecule has 0 saturated heterocycles. The van der Waals surface area contributed by atoms with Crippen molar-refractivity contribution in [2.24, 2.45) is 5.73 Å². The van der Waals surface area contributed by atoms with Crippen molar-refractivity contribution in [2.75, 3.05) is 165 Å². The summed E-state index contributed by atoms with van der Waals surface area (Å²) in [6.07, 6.45) is 0.261. The van der Waals surface area contributed by atoms with Crippen LogP contribution in [0.1, 0.15) is 34.1 Å². The number of hydroxylamine groups is 2. The molecule has 0 aliphatic heterocycles. The first kappa shape index (κ1) is 46.8. The summed E-state index contributed by atoms with van der Waals surface area (Å²) in [4.78, 5) is 17.6. The van der Waals surface area contributed by atoms with E-state index in [9.17, 15) is 4.79 Å². The Labute approximate surface area is 288 Å². The van der Waals surface area contributed by atoms with Crippen molar-refractivity contribution < 1.29 is 66.5 Å². The van der Waals surface area contributed by atoms with Crippen LogP contribution in [0.4, 0.5) is 4.79 Å². The molecule has 0 aromatic carbocycles. The van der Waals surface area contributed by atoms with Crippen molar-refractivity contribution in [1.82, 2.24) is 5.06 Å². The molecule has 0 saturated carbocycles. The van der Waals surface area contributed by atoms with E-state index in [2.05, 4.69) is 0 Å². The number of ether oxygens (including phenoxy) is 12. The Balaban J connectivity index is 3.22. The summed E-state index contributed by atoms with van der Waals surface area (Å²) in [6, 6.07) is 0. The van der Waals surface area contributed by atoms with E-state index in [1.807, 2.05) is 27.7 Å². The molecule has 0 heterocycles. The number of hydrogen-bond donors (Lipinski definition) is 1. The van der Waals surface area contributed by atoms with E-state index in [1.54, 1.807) is 0 Å². The van der Waals surface area contributed by atoms with Crippen molar-refractivity contribution in [3.63, 3.8) is 0 Å². The standard InChI is InChI=1S/C32H66N2O14/c1-5-7-34(31(35)48-32(2,3)4)47-30-29-46-28-27-45-26-25-44-24-23-43-22-21-42-20-19-41-18-17-40-16-15-39-14-13-38-12-11-37-10-9-36-8-6-33/h5-30,33H2,1-4H3. The summed E-state index contributed by atoms with van der Waals surface area (Å²) < 4.78 is 65.1. The molecule has 2 N–H and O–H groups in total. The molecule has 0 aromatic rings. The number of carbonyl (C=O) groups is 1. The van der Waals surface area contributed by atoms with Crippen LogP contribution in [0.3, 0.4) is 0 Å². The molecule has 48 heavy (non-hydrogen) atoms. The van der Waals surface area contributed by atoms with E-state index in [-0.39, 0.29) is 6.61 Å². The van der Waals surface area contributed by atoms with Crippen LogP contribution in [0.15, 0.2) is 0 Å². The molecule has 0 bridgehead atoms. The first-order valence-electron chi connectivity index (χ1n) is 17.1. The molecular weight excluding hydrogens is 636 g/mol. The van der Waals surface area contributed by atoms with E-state index >= 15 is 0 Å². The number of nitrogens with two attached hydrogens (primary N) is 1. The summed E-state index contributed by atoms with van der Waals surface area (Å²) in [7, 11) is 0. The highest BCUT2D eigenvalue weighted by molar-refractivity contribution is 5.66. The average molecular weight is 703 g/mol. The normalized spacial score (nSPS) is 11.8. The van der Waals surface area contributed by atoms with E-state index in [1.165, 1.54) is 5.06 Å². The van der Waals surface area contributed by atoms with E-state index in [0.717, 1.165) is 6.42 Å². The first-order chi connectivity index (χ1) is 23.4. The molecule has 0 spiro atoms. The van der Waals surface area contributed by atoms with Gasteiger partial charge < -0.3 is 62.6 Å². The third-order valence-electron chi connectivity index (χ3n) is 5.48. The minimum atomic E-state index is -0.575. The van der Waals surface area contributed by atoms with Crippen molar-refractivity contribution in [3.8, 4) is 0 Å². The van der Waals surface area contributed by atoms with Gasteiger partial charge in [0.1, 0.15) is 5.60 Å². The number of hydrogen-bond acceptors (Lipinski definition) is 15. The lowest BCUT2D eigenvalue weighted by atomic mass is 10.2. The fraction of sp³-hybridized carbons (Fsp3) is 0.969. The molecule has 0 atom stereocenters. The van der Waals surface area contributed by atoms with E-state index < -0.39 is 11.7 Å². The Morgan fingerprint density at radius 1 is 0.458 bits per heavy atom. The third-order valence-corrected chi connectivity index (χ3v) is 5.48. The molecule has 16 nitrogen and oxygen atoms in total. The molecule has 0 unspecified atom stereocenters. The van der Waals surface area contributed by atoms with Crippen molar-refractivity contribution in [3.05, 3.63) is 0 Å². The molecule has 0 rings (SSSR count). The minimum absolute atomic E-state index is 0.248. The monoisotopic (exact) mass is 702 g/mol. The Bertz CT molecular complexity index is 661. The van der Waals surface area contributed by atoms with Crippen LogP contribution in [0.25, 0.3) is 0 Å². The molecular formula is C32H66N2O14. The first-order valence-corrected chi connectivity index (χ1v) is 17.1. The van der Waals surface area contributed by atoms with E-state index in [0.29, 0.717) is 158 Å². The number of carbonyl (C=O) groups excluding carboxylic acids is 1. The molecule has 0 aliphatic rings. The van der Waals surface area contributed by atoms with Crippen LogP contribution in [-0.4, -0.2) is 182 Å². The van der Waals surface area contributed by atoms with Crippen LogP contribution in [0, 0.1) is 0 Å². The largest absolute Gasteiger partial charge is 0.442 e. The molecule has 16 heteroatoms. The van der Waals surface area contributed by atoms with Crippen LogP contribution in [0.2, 0.25) is 0 Å². The number of rotatable bonds is 38. The van der Waals surface area contributed by atoms with Crippen molar-refractivity contribution in [2.45, 2.75) is 39.7 Å². The fourth-order valence-electron chi connectivity index (χ4n) is 3.32. The maximum atomic E-state index is 12.1. The predicted octanol–water partition coefficient (Wildman–Crippen LogP) is 1.71. The lowest BCUT2D eigenvalue weighted by Gasteiger charge is -2.26. The second-order valence-electron chi connectivity index (χ2n) is 10.9. The van der Waals surface area contributed by atoms with Gasteiger partial charge in [0, 0.05) is 6.54 Å². The van der Waals surface area contributed by atoms with Gasteiger partial charge in [0.05, 0.1) is 159 Å². The van der Waals surface area contributed by atoms with Gasteiger partial charge in [-0.3, -0.25) is 4.84 Å². The lowest BCUT2D eigenvalue weighted by Crippen LogP contribution is -2.38. The second kappa shape index (κ2) is 37.0. The zero-order valence-electron chi connectivity index (χ0n) is 30.1. The fourth-order valence-corrected chi connectivity index (χ4v) is 3.32. The maximum absolute atomic E-state index is 12.1. The van der Waals surface area contributed by atoms with Gasteiger partial charge in [-0.2, -0.15) is 5.06 Å². The van der Waals surface area contributed by atoms with Crippen LogP contribution >= 0.6 is 0 Å². The Kier molecular flexibility index (Phi) is 36.1. The molecule has 1 amide bonds. The maximum Gasteiger partial charge on any atom is 0.434 e. The van der Waals surface area contributed by atoms with Crippen LogP contribution in [-0.2, 0) is 61.7 Å². The molecule has 0 fully saturated rings. The molecule has 0 radical (unpaired) electrons.